The molecule has 0 radical (unpaired) electrons. The summed E-state index contributed by atoms with van der Waals surface area (Å²) in [6.07, 6.45) is 0. The topological polar surface area (TPSA) is 41.5 Å². The molecule has 3 heteroatoms. The Hall–Kier alpha value is -0.900. The number of benzene rings is 1. The average molecular weight is 251 g/mol. The molecule has 0 spiro atoms. The number of rotatable bonds is 7. The summed E-state index contributed by atoms with van der Waals surface area (Å²) in [4.78, 5) is 0. The molecule has 0 aromatic heterocycles. The van der Waals surface area contributed by atoms with Crippen LogP contribution in [-0.2, 0) is 10.3 Å². The van der Waals surface area contributed by atoms with Crippen molar-refractivity contribution in [3.05, 3.63) is 35.4 Å². The van der Waals surface area contributed by atoms with E-state index in [1.807, 2.05) is 6.92 Å². The summed E-state index contributed by atoms with van der Waals surface area (Å²) in [6, 6.07) is 8.44. The van der Waals surface area contributed by atoms with E-state index in [2.05, 4.69) is 43.4 Å². The van der Waals surface area contributed by atoms with E-state index in [1.54, 1.807) is 7.11 Å². The molecule has 0 aliphatic heterocycles. The predicted octanol–water partition coefficient (Wildman–Crippen LogP) is 2.25. The molecule has 0 saturated heterocycles. The lowest BCUT2D eigenvalue weighted by Gasteiger charge is -2.29. The first-order valence-electron chi connectivity index (χ1n) is 6.49. The second-order valence-corrected chi connectivity index (χ2v) is 5.19. The van der Waals surface area contributed by atoms with Crippen LogP contribution in [0.1, 0.15) is 37.8 Å². The van der Waals surface area contributed by atoms with Gasteiger partial charge in [-0.2, -0.15) is 0 Å². The predicted molar refractivity (Wildman–Crippen MR) is 74.8 cm³/mol. The van der Waals surface area contributed by atoms with Crippen molar-refractivity contribution in [1.82, 2.24) is 5.32 Å². The molecular weight excluding hydrogens is 226 g/mol. The molecule has 0 heterocycles. The van der Waals surface area contributed by atoms with Gasteiger partial charge in [0.15, 0.2) is 0 Å². The molecule has 1 atom stereocenters. The van der Waals surface area contributed by atoms with Crippen LogP contribution in [0.4, 0.5) is 0 Å². The Bertz CT molecular complexity index is 348. The van der Waals surface area contributed by atoms with Gasteiger partial charge in [0.1, 0.15) is 0 Å². The number of methoxy groups -OCH3 is 1. The zero-order chi connectivity index (χ0) is 13.6. The molecule has 0 bridgehead atoms. The maximum atomic E-state index is 9.61. The van der Waals surface area contributed by atoms with Crippen LogP contribution >= 0.6 is 0 Å². The van der Waals surface area contributed by atoms with Gasteiger partial charge in [0.05, 0.1) is 18.8 Å². The molecule has 1 rings (SSSR count). The highest BCUT2D eigenvalue weighted by Crippen LogP contribution is 2.23. The highest BCUT2D eigenvalue weighted by atomic mass is 16.5. The molecule has 1 unspecified atom stereocenters. The first kappa shape index (κ1) is 15.2. The van der Waals surface area contributed by atoms with Gasteiger partial charge in [-0.3, -0.25) is 0 Å². The van der Waals surface area contributed by atoms with E-state index in [-0.39, 0.29) is 6.61 Å². The summed E-state index contributed by atoms with van der Waals surface area (Å²) in [7, 11) is 1.68. The van der Waals surface area contributed by atoms with Gasteiger partial charge in [0.2, 0.25) is 0 Å². The molecule has 0 saturated carbocycles. The fourth-order valence-corrected chi connectivity index (χ4v) is 1.91. The second-order valence-electron chi connectivity index (χ2n) is 5.19. The third-order valence-corrected chi connectivity index (χ3v) is 3.35. The number of aliphatic hydroxyl groups is 1. The highest BCUT2D eigenvalue weighted by molar-refractivity contribution is 5.29. The number of nitrogens with one attached hydrogen (secondary N) is 1. The SMILES string of the molecule is COCCNC(C)(CO)c1ccc(C(C)C)cc1. The third kappa shape index (κ3) is 3.80. The van der Waals surface area contributed by atoms with E-state index in [0.29, 0.717) is 12.5 Å². The highest BCUT2D eigenvalue weighted by Gasteiger charge is 2.24. The van der Waals surface area contributed by atoms with Crippen molar-refractivity contribution in [1.29, 1.82) is 0 Å². The smallest absolute Gasteiger partial charge is 0.0652 e. The Morgan fingerprint density at radius 1 is 1.28 bits per heavy atom. The largest absolute Gasteiger partial charge is 0.394 e. The number of aliphatic hydroxyl groups excluding tert-OH is 1. The fraction of sp³-hybridized carbons (Fsp3) is 0.600. The Kier molecular flexibility index (Phi) is 5.79. The minimum atomic E-state index is -0.409. The number of hydrogen-bond donors (Lipinski definition) is 2. The molecule has 0 aliphatic rings. The Balaban J connectivity index is 2.80. The first-order valence-corrected chi connectivity index (χ1v) is 6.49. The van der Waals surface area contributed by atoms with Crippen LogP contribution in [0.15, 0.2) is 24.3 Å². The molecule has 0 amide bonds. The van der Waals surface area contributed by atoms with Gasteiger partial charge in [-0.25, -0.2) is 0 Å². The van der Waals surface area contributed by atoms with Gasteiger partial charge in [-0.1, -0.05) is 38.1 Å². The Morgan fingerprint density at radius 3 is 2.33 bits per heavy atom. The maximum Gasteiger partial charge on any atom is 0.0652 e. The average Bonchev–Trinajstić information content (AvgIpc) is 2.39. The normalized spacial score (nSPS) is 14.8. The third-order valence-electron chi connectivity index (χ3n) is 3.35. The minimum absolute atomic E-state index is 0.0672. The summed E-state index contributed by atoms with van der Waals surface area (Å²) < 4.78 is 5.02. The van der Waals surface area contributed by atoms with Crippen molar-refractivity contribution in [3.8, 4) is 0 Å². The van der Waals surface area contributed by atoms with Crippen LogP contribution < -0.4 is 5.32 Å². The lowest BCUT2D eigenvalue weighted by molar-refractivity contribution is 0.148. The van der Waals surface area contributed by atoms with Crippen molar-refractivity contribution >= 4 is 0 Å². The van der Waals surface area contributed by atoms with E-state index < -0.39 is 5.54 Å². The van der Waals surface area contributed by atoms with Crippen LogP contribution in [0.5, 0.6) is 0 Å². The number of ether oxygens (including phenoxy) is 1. The van der Waals surface area contributed by atoms with Gasteiger partial charge in [0, 0.05) is 13.7 Å². The quantitative estimate of drug-likeness (QED) is 0.730. The Labute approximate surface area is 110 Å². The van der Waals surface area contributed by atoms with Crippen molar-refractivity contribution in [2.75, 3.05) is 26.9 Å². The van der Waals surface area contributed by atoms with E-state index in [4.69, 9.17) is 4.74 Å². The lowest BCUT2D eigenvalue weighted by Crippen LogP contribution is -2.44. The zero-order valence-electron chi connectivity index (χ0n) is 11.9. The van der Waals surface area contributed by atoms with Crippen molar-refractivity contribution < 1.29 is 9.84 Å². The lowest BCUT2D eigenvalue weighted by atomic mass is 9.90. The van der Waals surface area contributed by atoms with Gasteiger partial charge in [-0.05, 0) is 24.0 Å². The standard InChI is InChI=1S/C15H25NO2/c1-12(2)13-5-7-14(8-6-13)15(3,11-17)16-9-10-18-4/h5-8,12,16-17H,9-11H2,1-4H3. The van der Waals surface area contributed by atoms with Crippen LogP contribution in [0, 0.1) is 0 Å². The van der Waals surface area contributed by atoms with Crippen LogP contribution in [0.2, 0.25) is 0 Å². The fourth-order valence-electron chi connectivity index (χ4n) is 1.91. The van der Waals surface area contributed by atoms with Crippen molar-refractivity contribution in [2.45, 2.75) is 32.2 Å². The molecule has 1 aromatic rings. The van der Waals surface area contributed by atoms with Gasteiger partial charge in [-0.15, -0.1) is 0 Å². The molecule has 0 fully saturated rings. The maximum absolute atomic E-state index is 9.61. The second kappa shape index (κ2) is 6.88. The Morgan fingerprint density at radius 2 is 1.89 bits per heavy atom. The van der Waals surface area contributed by atoms with Crippen molar-refractivity contribution in [2.24, 2.45) is 0 Å². The van der Waals surface area contributed by atoms with E-state index in [1.165, 1.54) is 5.56 Å². The molecule has 1 aromatic carbocycles. The van der Waals surface area contributed by atoms with Crippen LogP contribution in [0.25, 0.3) is 0 Å². The molecular formula is C15H25NO2. The van der Waals surface area contributed by atoms with Crippen LogP contribution in [0.3, 0.4) is 0 Å². The summed E-state index contributed by atoms with van der Waals surface area (Å²) >= 11 is 0. The summed E-state index contributed by atoms with van der Waals surface area (Å²) in [5.41, 5.74) is 2.01. The number of hydrogen-bond acceptors (Lipinski definition) is 3. The van der Waals surface area contributed by atoms with E-state index in [0.717, 1.165) is 12.1 Å². The zero-order valence-corrected chi connectivity index (χ0v) is 11.9. The van der Waals surface area contributed by atoms with Gasteiger partial charge in [0.25, 0.3) is 0 Å². The summed E-state index contributed by atoms with van der Waals surface area (Å²) in [5, 5.41) is 12.9. The molecule has 2 N–H and O–H groups in total. The van der Waals surface area contributed by atoms with E-state index >= 15 is 0 Å². The minimum Gasteiger partial charge on any atom is -0.394 e. The van der Waals surface area contributed by atoms with Gasteiger partial charge >= 0.3 is 0 Å². The molecule has 102 valence electrons. The van der Waals surface area contributed by atoms with Crippen LogP contribution in [-0.4, -0.2) is 32.0 Å². The summed E-state index contributed by atoms with van der Waals surface area (Å²) in [5.74, 6) is 0.529. The molecule has 3 nitrogen and oxygen atoms in total. The van der Waals surface area contributed by atoms with Crippen molar-refractivity contribution in [3.63, 3.8) is 0 Å². The van der Waals surface area contributed by atoms with E-state index in [9.17, 15) is 5.11 Å². The monoisotopic (exact) mass is 251 g/mol. The van der Waals surface area contributed by atoms with Gasteiger partial charge < -0.3 is 15.2 Å². The summed E-state index contributed by atoms with van der Waals surface area (Å²) in [6.45, 7) is 7.79. The first-order chi connectivity index (χ1) is 8.53. The molecule has 18 heavy (non-hydrogen) atoms. The molecule has 0 aliphatic carbocycles.